The van der Waals surface area contributed by atoms with E-state index in [-0.39, 0.29) is 21.7 Å². The van der Waals surface area contributed by atoms with Crippen molar-refractivity contribution in [3.63, 3.8) is 0 Å². The Balaban J connectivity index is 0.000000483. The Morgan fingerprint density at radius 3 is 0.556 bits per heavy atom. The van der Waals surface area contributed by atoms with Crippen LogP contribution in [0.1, 0.15) is 55.4 Å². The molecule has 10 radical (unpaired) electrons. The quantitative estimate of drug-likeness (QED) is 0.391. The Hall–Kier alpha value is 1.15. The van der Waals surface area contributed by atoms with Crippen LogP contribution in [0.2, 0.25) is 39.3 Å². The summed E-state index contributed by atoms with van der Waals surface area (Å²) in [5, 5.41) is 0. The van der Waals surface area contributed by atoms with Crippen LogP contribution in [0.25, 0.3) is 0 Å². The molecule has 0 N–H and O–H groups in total. The normalized spacial score (nSPS) is 25.1. The second-order valence-corrected chi connectivity index (χ2v) is 20.2. The van der Waals surface area contributed by atoms with Gasteiger partial charge in [0.05, 0.1) is 16.1 Å². The van der Waals surface area contributed by atoms with Gasteiger partial charge in [0.2, 0.25) is 0 Å². The van der Waals surface area contributed by atoms with E-state index < -0.39 is 16.1 Å². The minimum Gasteiger partial charge on any atom is -0.0691 e. The van der Waals surface area contributed by atoms with Gasteiger partial charge in [0, 0.05) is 0 Å². The van der Waals surface area contributed by atoms with E-state index >= 15 is 0 Å². The van der Waals surface area contributed by atoms with E-state index in [1.807, 2.05) is 0 Å². The van der Waals surface area contributed by atoms with Gasteiger partial charge in [-0.05, 0) is 58.4 Å². The fourth-order valence-corrected chi connectivity index (χ4v) is 9.94. The molecule has 2 fully saturated rings. The molecular formula is C24H42Si2Ti+2. The third-order valence-corrected chi connectivity index (χ3v) is 10.9. The minimum atomic E-state index is -1.13. The number of rotatable bonds is 2. The van der Waals surface area contributed by atoms with E-state index in [2.05, 4.69) is 94.7 Å². The Morgan fingerprint density at radius 1 is 0.333 bits per heavy atom. The molecule has 0 aliphatic heterocycles. The predicted octanol–water partition coefficient (Wildman–Crippen LogP) is 7.66. The summed E-state index contributed by atoms with van der Waals surface area (Å²) in [7, 11) is -2.27. The molecule has 2 aliphatic carbocycles. The Kier molecular flexibility index (Phi) is 10.4. The molecule has 0 atom stereocenters. The molecule has 27 heavy (non-hydrogen) atoms. The zero-order valence-electron chi connectivity index (χ0n) is 20.5. The van der Waals surface area contributed by atoms with E-state index in [4.69, 9.17) is 0 Å². The first kappa shape index (κ1) is 28.1. The fourth-order valence-electron chi connectivity index (χ4n) is 4.69. The topological polar surface area (TPSA) is 0 Å². The molecule has 0 heterocycles. The molecule has 0 saturated heterocycles. The first-order chi connectivity index (χ1) is 11.5. The molecule has 0 aromatic heterocycles. The maximum atomic E-state index is 2.43. The van der Waals surface area contributed by atoms with Crippen molar-refractivity contribution in [3.8, 4) is 0 Å². The molecule has 2 aliphatic rings. The van der Waals surface area contributed by atoms with Crippen LogP contribution in [0, 0.1) is 58.4 Å². The summed E-state index contributed by atoms with van der Waals surface area (Å²) in [5.74, 6) is 12.2. The van der Waals surface area contributed by atoms with Crippen molar-refractivity contribution in [2.24, 2.45) is 0 Å². The van der Waals surface area contributed by atoms with Crippen LogP contribution in [-0.2, 0) is 21.7 Å². The monoisotopic (exact) mass is 434 g/mol. The van der Waals surface area contributed by atoms with Crippen LogP contribution in [0.4, 0.5) is 0 Å². The molecule has 0 spiro atoms. The SMILES string of the molecule is C[C]1[C](C)[C](C)[C]([Si](C)(C)C)[C]1C.C[C]1[C](C)[C](C)[C]([Si](C)(C)C)[C]1C.[Ti+2]. The molecule has 0 aromatic rings. The van der Waals surface area contributed by atoms with E-state index in [0.29, 0.717) is 0 Å². The molecule has 0 nitrogen and oxygen atoms in total. The standard InChI is InChI=1S/2C12H21Si.Ti/c2*1-8-9(2)11(4)12(10(8)3)13(5,6)7;/h2*1-7H3;/q;;+2. The van der Waals surface area contributed by atoms with Crippen molar-refractivity contribution in [2.75, 3.05) is 0 Å². The van der Waals surface area contributed by atoms with E-state index in [1.165, 1.54) is 23.7 Å². The molecule has 0 bridgehead atoms. The summed E-state index contributed by atoms with van der Waals surface area (Å²) in [5.41, 5.74) is 3.37. The van der Waals surface area contributed by atoms with Gasteiger partial charge in [-0.3, -0.25) is 0 Å². The van der Waals surface area contributed by atoms with Crippen LogP contribution >= 0.6 is 0 Å². The predicted molar refractivity (Wildman–Crippen MR) is 125 cm³/mol. The maximum absolute atomic E-state index is 2.43. The zero-order chi connectivity index (χ0) is 20.8. The molecule has 2 saturated carbocycles. The maximum Gasteiger partial charge on any atom is 2.00 e. The van der Waals surface area contributed by atoms with Gasteiger partial charge >= 0.3 is 21.7 Å². The molecule has 2 rings (SSSR count). The van der Waals surface area contributed by atoms with E-state index in [9.17, 15) is 0 Å². The second kappa shape index (κ2) is 9.97. The summed E-state index contributed by atoms with van der Waals surface area (Å²) < 4.78 is 0. The van der Waals surface area contributed by atoms with E-state index in [1.54, 1.807) is 34.8 Å². The average Bonchev–Trinajstić information content (AvgIpc) is 2.79. The van der Waals surface area contributed by atoms with Crippen LogP contribution < -0.4 is 0 Å². The number of hydrogen-bond acceptors (Lipinski definition) is 0. The summed E-state index contributed by atoms with van der Waals surface area (Å²) in [6, 6.07) is 0. The Morgan fingerprint density at radius 2 is 0.481 bits per heavy atom. The van der Waals surface area contributed by atoms with Crippen LogP contribution in [0.15, 0.2) is 0 Å². The molecule has 3 heteroatoms. The van der Waals surface area contributed by atoms with Gasteiger partial charge in [-0.1, -0.05) is 94.7 Å². The largest absolute Gasteiger partial charge is 2.00 e. The van der Waals surface area contributed by atoms with Gasteiger partial charge in [-0.15, -0.1) is 0 Å². The minimum absolute atomic E-state index is 0. The number of hydrogen-bond donors (Lipinski definition) is 0. The van der Waals surface area contributed by atoms with Crippen molar-refractivity contribution in [1.82, 2.24) is 0 Å². The van der Waals surface area contributed by atoms with Crippen molar-refractivity contribution in [3.05, 3.63) is 58.4 Å². The van der Waals surface area contributed by atoms with Crippen molar-refractivity contribution in [2.45, 2.75) is 94.7 Å². The third-order valence-electron chi connectivity index (χ3n) is 6.38. The van der Waals surface area contributed by atoms with E-state index in [0.717, 1.165) is 0 Å². The molecule has 0 aromatic carbocycles. The van der Waals surface area contributed by atoms with Gasteiger partial charge in [-0.2, -0.15) is 0 Å². The van der Waals surface area contributed by atoms with Gasteiger partial charge in [0.1, 0.15) is 0 Å². The third kappa shape index (κ3) is 6.08. The first-order valence-electron chi connectivity index (χ1n) is 10.0. The van der Waals surface area contributed by atoms with Crippen LogP contribution in [0.5, 0.6) is 0 Å². The smallest absolute Gasteiger partial charge is 0.0691 e. The second-order valence-electron chi connectivity index (χ2n) is 10.2. The fraction of sp³-hybridized carbons (Fsp3) is 0.583. The Bertz CT molecular complexity index is 380. The Labute approximate surface area is 190 Å². The summed E-state index contributed by atoms with van der Waals surface area (Å²) in [4.78, 5) is 0. The van der Waals surface area contributed by atoms with Gasteiger partial charge < -0.3 is 0 Å². The van der Waals surface area contributed by atoms with Crippen LogP contribution in [0.3, 0.4) is 0 Å². The summed E-state index contributed by atoms with van der Waals surface area (Å²) >= 11 is 0. The first-order valence-corrected chi connectivity index (χ1v) is 17.0. The summed E-state index contributed by atoms with van der Waals surface area (Å²) in [6.45, 7) is 32.7. The van der Waals surface area contributed by atoms with Crippen LogP contribution in [-0.4, -0.2) is 16.1 Å². The zero-order valence-corrected chi connectivity index (χ0v) is 24.1. The van der Waals surface area contributed by atoms with Crippen molar-refractivity contribution in [1.29, 1.82) is 0 Å². The average molecular weight is 435 g/mol. The molecule has 0 unspecified atom stereocenters. The van der Waals surface area contributed by atoms with Gasteiger partial charge in [0.15, 0.2) is 0 Å². The van der Waals surface area contributed by atoms with Gasteiger partial charge in [-0.25, -0.2) is 0 Å². The van der Waals surface area contributed by atoms with Crippen molar-refractivity contribution >= 4 is 16.1 Å². The van der Waals surface area contributed by atoms with Crippen molar-refractivity contribution < 1.29 is 21.7 Å². The molecule has 0 amide bonds. The summed E-state index contributed by atoms with van der Waals surface area (Å²) in [6.07, 6.45) is 0. The molecular weight excluding hydrogens is 392 g/mol. The van der Waals surface area contributed by atoms with Gasteiger partial charge in [0.25, 0.3) is 0 Å². The molecule has 148 valence electrons.